The Morgan fingerprint density at radius 3 is 3.00 bits per heavy atom. The van der Waals surface area contributed by atoms with E-state index in [2.05, 4.69) is 4.99 Å². The molecule has 2 nitrogen and oxygen atoms in total. The van der Waals surface area contributed by atoms with Gasteiger partial charge in [-0.15, -0.1) is 0 Å². The first-order valence-electron chi connectivity index (χ1n) is 2.15. The van der Waals surface area contributed by atoms with Gasteiger partial charge in [0.2, 0.25) is 5.23 Å². The average Bonchev–Trinajstić information content (AvgIpc) is 2.14. The van der Waals surface area contributed by atoms with Crippen molar-refractivity contribution in [2.75, 3.05) is 19.4 Å². The van der Waals surface area contributed by atoms with E-state index in [0.29, 0.717) is 0 Å². The highest BCUT2D eigenvalue weighted by atomic mass is 32.2. The summed E-state index contributed by atoms with van der Waals surface area (Å²) in [5, 5.41) is 0.833. The van der Waals surface area contributed by atoms with Crippen LogP contribution in [0.2, 0.25) is 0 Å². The topological polar surface area (TPSA) is 21.6 Å². The number of nitrogens with zero attached hydrogens (tertiary/aromatic N) is 1. The number of ether oxygens (including phenoxy) is 1. The lowest BCUT2D eigenvalue weighted by Crippen LogP contribution is -1.87. The molecule has 0 aromatic carbocycles. The molecule has 0 aromatic heterocycles. The number of hydrogen-bond acceptors (Lipinski definition) is 3. The van der Waals surface area contributed by atoms with Crippen LogP contribution in [0.3, 0.4) is 0 Å². The van der Waals surface area contributed by atoms with Gasteiger partial charge in [0, 0.05) is 5.75 Å². The largest absolute Gasteiger partial charge is 0.476 e. The second kappa shape index (κ2) is 2.21. The third kappa shape index (κ3) is 1.09. The van der Waals surface area contributed by atoms with Crippen molar-refractivity contribution >= 4 is 17.0 Å². The maximum Gasteiger partial charge on any atom is 0.245 e. The molecule has 0 aromatic rings. The van der Waals surface area contributed by atoms with Crippen LogP contribution in [-0.4, -0.2) is 24.6 Å². The first-order valence-corrected chi connectivity index (χ1v) is 3.13. The van der Waals surface area contributed by atoms with E-state index >= 15 is 0 Å². The number of methoxy groups -OCH3 is 1. The van der Waals surface area contributed by atoms with E-state index in [-0.39, 0.29) is 0 Å². The zero-order valence-corrected chi connectivity index (χ0v) is 4.99. The molecule has 7 heavy (non-hydrogen) atoms. The van der Waals surface area contributed by atoms with Crippen LogP contribution >= 0.6 is 11.8 Å². The van der Waals surface area contributed by atoms with Crippen LogP contribution in [0.15, 0.2) is 4.99 Å². The van der Waals surface area contributed by atoms with Gasteiger partial charge < -0.3 is 4.74 Å². The summed E-state index contributed by atoms with van der Waals surface area (Å²) in [6.07, 6.45) is 0. The third-order valence-electron chi connectivity index (χ3n) is 0.732. The molecule has 3 heteroatoms. The Morgan fingerprint density at radius 2 is 2.71 bits per heavy atom. The summed E-state index contributed by atoms with van der Waals surface area (Å²) in [4.78, 5) is 4.01. The highest BCUT2D eigenvalue weighted by Gasteiger charge is 2.03. The standard InChI is InChI=1S/C4H7NOS/c1-6-4-5-2-3-7-4/h2-3H2,1H3. The molecule has 0 fully saturated rings. The fraction of sp³-hybridized carbons (Fsp3) is 0.750. The first kappa shape index (κ1) is 4.97. The molecule has 0 aliphatic carbocycles. The van der Waals surface area contributed by atoms with Crippen molar-refractivity contribution in [1.82, 2.24) is 0 Å². The number of hydrogen-bond donors (Lipinski definition) is 0. The van der Waals surface area contributed by atoms with Crippen LogP contribution in [0.25, 0.3) is 0 Å². The molecular weight excluding hydrogens is 110 g/mol. The molecule has 1 rings (SSSR count). The van der Waals surface area contributed by atoms with Crippen LogP contribution in [-0.2, 0) is 4.74 Å². The maximum absolute atomic E-state index is 4.82. The second-order valence-corrected chi connectivity index (χ2v) is 2.25. The molecule has 0 spiro atoms. The van der Waals surface area contributed by atoms with E-state index in [0.717, 1.165) is 17.5 Å². The van der Waals surface area contributed by atoms with Gasteiger partial charge in [0.1, 0.15) is 0 Å². The lowest BCUT2D eigenvalue weighted by atomic mass is 10.8. The molecule has 0 radical (unpaired) electrons. The Labute approximate surface area is 47.0 Å². The SMILES string of the molecule is COC1=NCCS1. The normalized spacial score (nSPS) is 19.3. The van der Waals surface area contributed by atoms with Gasteiger partial charge in [-0.3, -0.25) is 0 Å². The van der Waals surface area contributed by atoms with Crippen LogP contribution in [0.1, 0.15) is 0 Å². The lowest BCUT2D eigenvalue weighted by Gasteiger charge is -1.90. The monoisotopic (exact) mass is 117 g/mol. The van der Waals surface area contributed by atoms with Crippen molar-refractivity contribution in [3.63, 3.8) is 0 Å². The van der Waals surface area contributed by atoms with Gasteiger partial charge >= 0.3 is 0 Å². The third-order valence-corrected chi connectivity index (χ3v) is 1.66. The quantitative estimate of drug-likeness (QED) is 0.466. The Morgan fingerprint density at radius 1 is 1.86 bits per heavy atom. The summed E-state index contributed by atoms with van der Waals surface area (Å²) >= 11 is 1.67. The Bertz CT molecular complexity index is 91.7. The number of aliphatic imine (C=N–C) groups is 1. The van der Waals surface area contributed by atoms with Crippen molar-refractivity contribution < 1.29 is 4.74 Å². The molecule has 0 saturated heterocycles. The Kier molecular flexibility index (Phi) is 1.57. The van der Waals surface area contributed by atoms with E-state index in [9.17, 15) is 0 Å². The first-order chi connectivity index (χ1) is 3.43. The average molecular weight is 117 g/mol. The van der Waals surface area contributed by atoms with Gasteiger partial charge in [-0.05, 0) is 0 Å². The van der Waals surface area contributed by atoms with Crippen molar-refractivity contribution in [2.24, 2.45) is 4.99 Å². The minimum absolute atomic E-state index is 0.833. The summed E-state index contributed by atoms with van der Waals surface area (Å²) in [6.45, 7) is 0.924. The van der Waals surface area contributed by atoms with E-state index in [1.165, 1.54) is 0 Å². The Balaban J connectivity index is 2.36. The molecule has 0 unspecified atom stereocenters. The molecule has 1 heterocycles. The van der Waals surface area contributed by atoms with Crippen molar-refractivity contribution in [1.29, 1.82) is 0 Å². The zero-order valence-electron chi connectivity index (χ0n) is 4.18. The van der Waals surface area contributed by atoms with Crippen LogP contribution in [0.4, 0.5) is 0 Å². The lowest BCUT2D eigenvalue weighted by molar-refractivity contribution is 0.416. The smallest absolute Gasteiger partial charge is 0.245 e. The van der Waals surface area contributed by atoms with Crippen molar-refractivity contribution in [3.05, 3.63) is 0 Å². The molecular formula is C4H7NOS. The van der Waals surface area contributed by atoms with E-state index in [4.69, 9.17) is 4.74 Å². The Hall–Kier alpha value is -0.180. The molecule has 0 amide bonds. The summed E-state index contributed by atoms with van der Waals surface area (Å²) in [7, 11) is 1.65. The van der Waals surface area contributed by atoms with Gasteiger partial charge in [-0.1, -0.05) is 11.8 Å². The van der Waals surface area contributed by atoms with Crippen molar-refractivity contribution in [3.8, 4) is 0 Å². The van der Waals surface area contributed by atoms with Crippen LogP contribution < -0.4 is 0 Å². The minimum atomic E-state index is 0.833. The number of rotatable bonds is 0. The minimum Gasteiger partial charge on any atom is -0.476 e. The van der Waals surface area contributed by atoms with Gasteiger partial charge in [0.05, 0.1) is 13.7 Å². The van der Waals surface area contributed by atoms with Crippen LogP contribution in [0.5, 0.6) is 0 Å². The molecule has 0 bridgehead atoms. The van der Waals surface area contributed by atoms with E-state index in [1.807, 2.05) is 0 Å². The fourth-order valence-electron chi connectivity index (χ4n) is 0.439. The number of thioether (sulfide) groups is 1. The maximum atomic E-state index is 4.82. The van der Waals surface area contributed by atoms with Crippen LogP contribution in [0, 0.1) is 0 Å². The fourth-order valence-corrected chi connectivity index (χ4v) is 1.10. The van der Waals surface area contributed by atoms with Gasteiger partial charge in [0.25, 0.3) is 0 Å². The van der Waals surface area contributed by atoms with Crippen molar-refractivity contribution in [2.45, 2.75) is 0 Å². The summed E-state index contributed by atoms with van der Waals surface area (Å²) < 4.78 is 4.82. The molecule has 0 N–H and O–H groups in total. The summed E-state index contributed by atoms with van der Waals surface area (Å²) in [5.41, 5.74) is 0. The van der Waals surface area contributed by atoms with Gasteiger partial charge in [0.15, 0.2) is 0 Å². The molecule has 1 aliphatic rings. The second-order valence-electron chi connectivity index (χ2n) is 1.20. The predicted molar refractivity (Wildman–Crippen MR) is 31.8 cm³/mol. The predicted octanol–water partition coefficient (Wildman–Crippen LogP) is 0.736. The molecule has 0 atom stereocenters. The molecule has 40 valence electrons. The highest BCUT2D eigenvalue weighted by molar-refractivity contribution is 8.13. The zero-order chi connectivity index (χ0) is 5.11. The highest BCUT2D eigenvalue weighted by Crippen LogP contribution is 2.10. The van der Waals surface area contributed by atoms with Gasteiger partial charge in [-0.25, -0.2) is 4.99 Å². The molecule has 1 aliphatic heterocycles. The molecule has 0 saturated carbocycles. The van der Waals surface area contributed by atoms with E-state index in [1.54, 1.807) is 18.9 Å². The van der Waals surface area contributed by atoms with E-state index < -0.39 is 0 Å². The summed E-state index contributed by atoms with van der Waals surface area (Å²) in [5.74, 6) is 1.09. The van der Waals surface area contributed by atoms with Gasteiger partial charge in [-0.2, -0.15) is 0 Å². The summed E-state index contributed by atoms with van der Waals surface area (Å²) in [6, 6.07) is 0.